The van der Waals surface area contributed by atoms with Crippen molar-refractivity contribution >= 4 is 46.9 Å². The fourth-order valence-electron chi connectivity index (χ4n) is 3.98. The molecule has 28 heavy (non-hydrogen) atoms. The van der Waals surface area contributed by atoms with Gasteiger partial charge in [-0.15, -0.1) is 28.7 Å². The van der Waals surface area contributed by atoms with Gasteiger partial charge < -0.3 is 0 Å². The second kappa shape index (κ2) is 11.5. The van der Waals surface area contributed by atoms with Crippen LogP contribution in [0.2, 0.25) is 0 Å². The Bertz CT molecular complexity index is 954. The normalized spacial score (nSPS) is 11.6. The van der Waals surface area contributed by atoms with Crippen LogP contribution in [0.1, 0.15) is 52.8 Å². The minimum absolute atomic E-state index is 0.170. The molecule has 0 bridgehead atoms. The summed E-state index contributed by atoms with van der Waals surface area (Å²) in [6.45, 7) is 13.3. The summed E-state index contributed by atoms with van der Waals surface area (Å²) in [6, 6.07) is 12.9. The van der Waals surface area contributed by atoms with Crippen molar-refractivity contribution in [1.82, 2.24) is 0 Å². The molecule has 0 fully saturated rings. The van der Waals surface area contributed by atoms with E-state index in [4.69, 9.17) is 0 Å². The SMILES string of the molecule is CC1=[C-]c2c(ccc3ccccc23)C1.CC[c-]1c(C)c(C)c(C)c1C.[I][Zr+2][I]. The fraction of sp³-hybridized carbons (Fsp3) is 0.320. The fourth-order valence-corrected chi connectivity index (χ4v) is 3.98. The Labute approximate surface area is 200 Å². The molecule has 0 radical (unpaired) electrons. The molecular formula is C25H28I2Zr. The number of benzene rings is 2. The van der Waals surface area contributed by atoms with E-state index in [1.807, 2.05) is 0 Å². The van der Waals surface area contributed by atoms with E-state index >= 15 is 0 Å². The van der Waals surface area contributed by atoms with Crippen molar-refractivity contribution in [3.63, 3.8) is 0 Å². The molecule has 0 aromatic heterocycles. The second-order valence-corrected chi connectivity index (χ2v) is 26.3. The van der Waals surface area contributed by atoms with E-state index in [0.717, 1.165) is 6.42 Å². The summed E-state index contributed by atoms with van der Waals surface area (Å²) in [7, 11) is 0. The molecule has 0 atom stereocenters. The molecule has 4 rings (SSSR count). The first-order chi connectivity index (χ1) is 13.3. The van der Waals surface area contributed by atoms with Gasteiger partial charge in [0, 0.05) is 0 Å². The van der Waals surface area contributed by atoms with Gasteiger partial charge in [-0.25, -0.2) is 0 Å². The third-order valence-electron chi connectivity index (χ3n) is 5.76. The van der Waals surface area contributed by atoms with Gasteiger partial charge in [0.05, 0.1) is 0 Å². The number of hydrogen-bond donors (Lipinski definition) is 0. The Kier molecular flexibility index (Phi) is 10.0. The monoisotopic (exact) mass is 672 g/mol. The van der Waals surface area contributed by atoms with Gasteiger partial charge in [-0.05, 0) is 0 Å². The molecule has 0 heterocycles. The van der Waals surface area contributed by atoms with E-state index in [0.29, 0.717) is 0 Å². The van der Waals surface area contributed by atoms with Crippen LogP contribution in [0.4, 0.5) is 0 Å². The van der Waals surface area contributed by atoms with Gasteiger partial charge in [-0.1, -0.05) is 84.0 Å². The number of halogens is 2. The van der Waals surface area contributed by atoms with E-state index in [1.165, 1.54) is 56.1 Å². The summed E-state index contributed by atoms with van der Waals surface area (Å²) in [5.41, 5.74) is 11.6. The molecule has 1 aliphatic rings. The van der Waals surface area contributed by atoms with Crippen molar-refractivity contribution in [2.45, 2.75) is 54.4 Å². The van der Waals surface area contributed by atoms with E-state index in [1.54, 1.807) is 5.56 Å². The van der Waals surface area contributed by atoms with Crippen LogP contribution in [0.25, 0.3) is 10.8 Å². The van der Waals surface area contributed by atoms with Crippen LogP contribution < -0.4 is 0 Å². The third kappa shape index (κ3) is 5.63. The topological polar surface area (TPSA) is 0 Å². The van der Waals surface area contributed by atoms with Gasteiger partial charge in [0.15, 0.2) is 0 Å². The molecule has 146 valence electrons. The van der Waals surface area contributed by atoms with Crippen LogP contribution in [-0.2, 0) is 27.7 Å². The molecule has 0 aliphatic heterocycles. The quantitative estimate of drug-likeness (QED) is 0.180. The van der Waals surface area contributed by atoms with E-state index in [9.17, 15) is 0 Å². The van der Waals surface area contributed by atoms with Crippen LogP contribution in [0.3, 0.4) is 0 Å². The summed E-state index contributed by atoms with van der Waals surface area (Å²) < 4.78 is 0. The van der Waals surface area contributed by atoms with E-state index < -0.39 is 0 Å². The predicted molar refractivity (Wildman–Crippen MR) is 138 cm³/mol. The predicted octanol–water partition coefficient (Wildman–Crippen LogP) is 8.46. The summed E-state index contributed by atoms with van der Waals surface area (Å²) >= 11 is 5.06. The molecule has 0 nitrogen and oxygen atoms in total. The van der Waals surface area contributed by atoms with Crippen molar-refractivity contribution in [3.8, 4) is 0 Å². The molecule has 1 aliphatic carbocycles. The van der Waals surface area contributed by atoms with Gasteiger partial charge in [-0.2, -0.15) is 39.5 Å². The van der Waals surface area contributed by atoms with Crippen LogP contribution in [0, 0.1) is 33.8 Å². The third-order valence-corrected chi connectivity index (χ3v) is 5.76. The Morgan fingerprint density at radius 1 is 0.929 bits per heavy atom. The standard InChI is InChI=1S/C14H11.C11H17.2HI.Zr/c1-10-8-12-7-6-11-4-2-3-5-13(11)14(12)9-10;1-6-11-9(4)7(2)8(3)10(11)5;;;/h2-7H,8H2,1H3;6H2,1-5H3;2*1H;/q2*-1;;;+4/p-2. The molecule has 0 spiro atoms. The Morgan fingerprint density at radius 3 is 2.04 bits per heavy atom. The summed E-state index contributed by atoms with van der Waals surface area (Å²) in [4.78, 5) is 0. The van der Waals surface area contributed by atoms with Gasteiger partial charge in [0.1, 0.15) is 0 Å². The Hall–Kier alpha value is 0.133. The van der Waals surface area contributed by atoms with Crippen LogP contribution in [-0.4, -0.2) is 0 Å². The molecule has 0 saturated heterocycles. The number of fused-ring (bicyclic) bond motifs is 3. The zero-order valence-electron chi connectivity index (χ0n) is 17.6. The molecule has 0 amide bonds. The van der Waals surface area contributed by atoms with Gasteiger partial charge in [-0.3, -0.25) is 0 Å². The Balaban J connectivity index is 0.000000181. The van der Waals surface area contributed by atoms with Gasteiger partial charge >= 0.3 is 50.9 Å². The van der Waals surface area contributed by atoms with Crippen molar-refractivity contribution in [3.05, 3.63) is 87.0 Å². The average molecular weight is 674 g/mol. The van der Waals surface area contributed by atoms with Crippen LogP contribution >= 0.6 is 36.1 Å². The van der Waals surface area contributed by atoms with Crippen molar-refractivity contribution in [2.75, 3.05) is 0 Å². The van der Waals surface area contributed by atoms with E-state index in [2.05, 4.69) is 120 Å². The zero-order chi connectivity index (χ0) is 20.8. The number of hydrogen-bond acceptors (Lipinski definition) is 0. The maximum atomic E-state index is 3.46. The first-order valence-electron chi connectivity index (χ1n) is 9.63. The maximum absolute atomic E-state index is 3.46. The van der Waals surface area contributed by atoms with Crippen molar-refractivity contribution in [1.29, 1.82) is 0 Å². The molecule has 0 unspecified atom stereocenters. The van der Waals surface area contributed by atoms with Crippen molar-refractivity contribution in [2.24, 2.45) is 0 Å². The number of allylic oxidation sites excluding steroid dienone is 1. The van der Waals surface area contributed by atoms with Crippen LogP contribution in [0.15, 0.2) is 42.0 Å². The van der Waals surface area contributed by atoms with Crippen LogP contribution in [0.5, 0.6) is 0 Å². The molecule has 0 N–H and O–H groups in total. The molecule has 3 aromatic rings. The second-order valence-electron chi connectivity index (χ2n) is 7.31. The first kappa shape index (κ1) is 24.4. The zero-order valence-corrected chi connectivity index (χ0v) is 24.4. The first-order valence-corrected chi connectivity index (χ1v) is 24.3. The molecule has 3 aromatic carbocycles. The van der Waals surface area contributed by atoms with E-state index in [-0.39, 0.29) is 14.9 Å². The minimum atomic E-state index is 0.170. The molecule has 0 saturated carbocycles. The average Bonchev–Trinajstić information content (AvgIpc) is 3.16. The summed E-state index contributed by atoms with van der Waals surface area (Å²) in [6.07, 6.45) is 5.70. The summed E-state index contributed by atoms with van der Waals surface area (Å²) in [5, 5.41) is 2.65. The van der Waals surface area contributed by atoms with Gasteiger partial charge in [0.25, 0.3) is 0 Å². The molecule has 3 heteroatoms. The molecular weight excluding hydrogens is 645 g/mol. The van der Waals surface area contributed by atoms with Crippen molar-refractivity contribution < 1.29 is 14.9 Å². The number of rotatable bonds is 1. The van der Waals surface area contributed by atoms with Gasteiger partial charge in [0.2, 0.25) is 0 Å². The summed E-state index contributed by atoms with van der Waals surface area (Å²) in [5.74, 6) is 0. The Morgan fingerprint density at radius 2 is 1.50 bits per heavy atom.